The van der Waals surface area contributed by atoms with Gasteiger partial charge in [0.15, 0.2) is 11.5 Å². The standard InChI is InChI=1S/C23H29N3O4/c1-14-10-15(2)22(16(3)11-14)25-21(27)13-26(5)17(4)23(28)24-18-6-7-19-20(12-18)30-9-8-29-19/h6-7,10-12,17H,8-9,13H2,1-5H3,(H,24,28)(H,25,27)/t17-/m0/s1. The summed E-state index contributed by atoms with van der Waals surface area (Å²) in [5.41, 5.74) is 4.65. The fourth-order valence-corrected chi connectivity index (χ4v) is 3.49. The average molecular weight is 412 g/mol. The maximum absolute atomic E-state index is 12.7. The summed E-state index contributed by atoms with van der Waals surface area (Å²) in [6, 6.07) is 8.87. The van der Waals surface area contributed by atoms with E-state index >= 15 is 0 Å². The highest BCUT2D eigenvalue weighted by Crippen LogP contribution is 2.32. The minimum absolute atomic E-state index is 0.0997. The number of rotatable bonds is 6. The summed E-state index contributed by atoms with van der Waals surface area (Å²) < 4.78 is 11.0. The van der Waals surface area contributed by atoms with E-state index in [0.717, 1.165) is 22.4 Å². The molecule has 2 amide bonds. The van der Waals surface area contributed by atoms with Crippen LogP contribution in [0.4, 0.5) is 11.4 Å². The summed E-state index contributed by atoms with van der Waals surface area (Å²) in [7, 11) is 1.75. The number of nitrogens with one attached hydrogen (secondary N) is 2. The van der Waals surface area contributed by atoms with E-state index in [0.29, 0.717) is 30.4 Å². The van der Waals surface area contributed by atoms with Crippen LogP contribution in [0.1, 0.15) is 23.6 Å². The second-order valence-corrected chi connectivity index (χ2v) is 7.76. The van der Waals surface area contributed by atoms with Crippen molar-refractivity contribution in [2.45, 2.75) is 33.7 Å². The Bertz CT molecular complexity index is 934. The van der Waals surface area contributed by atoms with Gasteiger partial charge >= 0.3 is 0 Å². The molecular formula is C23H29N3O4. The zero-order chi connectivity index (χ0) is 21.8. The van der Waals surface area contributed by atoms with Crippen molar-refractivity contribution in [3.05, 3.63) is 47.0 Å². The van der Waals surface area contributed by atoms with Gasteiger partial charge in [-0.3, -0.25) is 14.5 Å². The molecule has 160 valence electrons. The number of nitrogens with zero attached hydrogens (tertiary/aromatic N) is 1. The SMILES string of the molecule is Cc1cc(C)c(NC(=O)CN(C)[C@@H](C)C(=O)Nc2ccc3c(c2)OCCO3)c(C)c1. The number of likely N-dealkylation sites (N-methyl/N-ethyl adjacent to an activating group) is 1. The molecule has 1 aliphatic rings. The normalized spacial score (nSPS) is 13.7. The van der Waals surface area contributed by atoms with Crippen molar-refractivity contribution in [1.82, 2.24) is 4.90 Å². The molecule has 0 saturated carbocycles. The van der Waals surface area contributed by atoms with E-state index in [-0.39, 0.29) is 18.4 Å². The summed E-state index contributed by atoms with van der Waals surface area (Å²) in [6.07, 6.45) is 0. The number of hydrogen-bond donors (Lipinski definition) is 2. The number of aryl methyl sites for hydroxylation is 3. The molecule has 30 heavy (non-hydrogen) atoms. The molecule has 0 unspecified atom stereocenters. The van der Waals surface area contributed by atoms with E-state index < -0.39 is 6.04 Å². The molecule has 1 atom stereocenters. The molecule has 2 N–H and O–H groups in total. The van der Waals surface area contributed by atoms with Gasteiger partial charge < -0.3 is 20.1 Å². The molecule has 0 bridgehead atoms. The molecule has 2 aromatic carbocycles. The van der Waals surface area contributed by atoms with Crippen molar-refractivity contribution in [3.8, 4) is 11.5 Å². The number of anilines is 2. The predicted octanol–water partition coefficient (Wildman–Crippen LogP) is 3.28. The molecule has 0 aliphatic carbocycles. The van der Waals surface area contributed by atoms with Crippen LogP contribution in [0.25, 0.3) is 0 Å². The van der Waals surface area contributed by atoms with Crippen LogP contribution in [0.2, 0.25) is 0 Å². The molecule has 0 saturated heterocycles. The van der Waals surface area contributed by atoms with Gasteiger partial charge in [0.25, 0.3) is 0 Å². The topological polar surface area (TPSA) is 79.9 Å². The third-order valence-electron chi connectivity index (χ3n) is 5.18. The molecular weight excluding hydrogens is 382 g/mol. The van der Waals surface area contributed by atoms with E-state index in [4.69, 9.17) is 9.47 Å². The summed E-state index contributed by atoms with van der Waals surface area (Å²) >= 11 is 0. The van der Waals surface area contributed by atoms with Crippen LogP contribution in [0.15, 0.2) is 30.3 Å². The average Bonchev–Trinajstić information content (AvgIpc) is 2.69. The van der Waals surface area contributed by atoms with Crippen LogP contribution < -0.4 is 20.1 Å². The van der Waals surface area contributed by atoms with Crippen LogP contribution >= 0.6 is 0 Å². The van der Waals surface area contributed by atoms with E-state index in [1.54, 1.807) is 37.1 Å². The molecule has 0 radical (unpaired) electrons. The lowest BCUT2D eigenvalue weighted by atomic mass is 10.1. The molecule has 7 heteroatoms. The first-order valence-electron chi connectivity index (χ1n) is 10.0. The third kappa shape index (κ3) is 5.10. The number of fused-ring (bicyclic) bond motifs is 1. The fraction of sp³-hybridized carbons (Fsp3) is 0.391. The van der Waals surface area contributed by atoms with Crippen LogP contribution in [-0.2, 0) is 9.59 Å². The van der Waals surface area contributed by atoms with Crippen molar-refractivity contribution in [3.63, 3.8) is 0 Å². The van der Waals surface area contributed by atoms with Gasteiger partial charge in [-0.25, -0.2) is 0 Å². The Morgan fingerprint density at radius 3 is 2.30 bits per heavy atom. The highest BCUT2D eigenvalue weighted by Gasteiger charge is 2.22. The molecule has 1 aliphatic heterocycles. The van der Waals surface area contributed by atoms with E-state index in [9.17, 15) is 9.59 Å². The lowest BCUT2D eigenvalue weighted by molar-refractivity contribution is -0.122. The van der Waals surface area contributed by atoms with E-state index in [1.807, 2.05) is 32.9 Å². The molecule has 1 heterocycles. The minimum atomic E-state index is -0.496. The smallest absolute Gasteiger partial charge is 0.241 e. The number of hydrogen-bond acceptors (Lipinski definition) is 5. The molecule has 0 fully saturated rings. The van der Waals surface area contributed by atoms with Crippen molar-refractivity contribution >= 4 is 23.2 Å². The predicted molar refractivity (Wildman–Crippen MR) is 117 cm³/mol. The summed E-state index contributed by atoms with van der Waals surface area (Å²) in [5, 5.41) is 5.84. The Kier molecular flexibility index (Phi) is 6.62. The van der Waals surface area contributed by atoms with Crippen molar-refractivity contribution in [1.29, 1.82) is 0 Å². The maximum atomic E-state index is 12.7. The molecule has 3 rings (SSSR count). The van der Waals surface area contributed by atoms with Crippen molar-refractivity contribution < 1.29 is 19.1 Å². The zero-order valence-electron chi connectivity index (χ0n) is 18.2. The first kappa shape index (κ1) is 21.6. The highest BCUT2D eigenvalue weighted by molar-refractivity contribution is 5.97. The summed E-state index contributed by atoms with van der Waals surface area (Å²) in [4.78, 5) is 26.9. The first-order valence-corrected chi connectivity index (χ1v) is 10.0. The van der Waals surface area contributed by atoms with Gasteiger partial charge in [0, 0.05) is 17.4 Å². The largest absolute Gasteiger partial charge is 0.486 e. The molecule has 0 aromatic heterocycles. The van der Waals surface area contributed by atoms with Gasteiger partial charge in [-0.05, 0) is 58.0 Å². The van der Waals surface area contributed by atoms with Gasteiger partial charge in [-0.15, -0.1) is 0 Å². The molecule has 0 spiro atoms. The second kappa shape index (κ2) is 9.17. The number of carbonyl (C=O) groups is 2. The van der Waals surface area contributed by atoms with E-state index in [1.165, 1.54) is 0 Å². The number of carbonyl (C=O) groups excluding carboxylic acids is 2. The molecule has 7 nitrogen and oxygen atoms in total. The van der Waals surface area contributed by atoms with Gasteiger partial charge in [-0.2, -0.15) is 0 Å². The van der Waals surface area contributed by atoms with Crippen molar-refractivity contribution in [2.75, 3.05) is 37.4 Å². The first-order chi connectivity index (χ1) is 14.2. The minimum Gasteiger partial charge on any atom is -0.486 e. The van der Waals surface area contributed by atoms with Crippen LogP contribution in [0.3, 0.4) is 0 Å². The monoisotopic (exact) mass is 411 g/mol. The number of ether oxygens (including phenoxy) is 2. The van der Waals surface area contributed by atoms with Gasteiger partial charge in [0.05, 0.1) is 12.6 Å². The van der Waals surface area contributed by atoms with Crippen molar-refractivity contribution in [2.24, 2.45) is 0 Å². The Labute approximate surface area is 177 Å². The number of amides is 2. The van der Waals surface area contributed by atoms with Crippen LogP contribution in [0, 0.1) is 20.8 Å². The summed E-state index contributed by atoms with van der Waals surface area (Å²) in [5.74, 6) is 0.919. The Balaban J connectivity index is 1.58. The van der Waals surface area contributed by atoms with Gasteiger partial charge in [0.2, 0.25) is 11.8 Å². The third-order valence-corrected chi connectivity index (χ3v) is 5.18. The number of benzene rings is 2. The Hall–Kier alpha value is -3.06. The molecule has 2 aromatic rings. The lowest BCUT2D eigenvalue weighted by Gasteiger charge is -2.24. The quantitative estimate of drug-likeness (QED) is 0.763. The Morgan fingerprint density at radius 2 is 1.63 bits per heavy atom. The highest BCUT2D eigenvalue weighted by atomic mass is 16.6. The van der Waals surface area contributed by atoms with Gasteiger partial charge in [0.1, 0.15) is 13.2 Å². The Morgan fingerprint density at radius 1 is 1.00 bits per heavy atom. The second-order valence-electron chi connectivity index (χ2n) is 7.76. The van der Waals surface area contributed by atoms with Gasteiger partial charge in [-0.1, -0.05) is 17.7 Å². The van der Waals surface area contributed by atoms with E-state index in [2.05, 4.69) is 10.6 Å². The maximum Gasteiger partial charge on any atom is 0.241 e. The fourth-order valence-electron chi connectivity index (χ4n) is 3.49. The van der Waals surface area contributed by atoms with Crippen LogP contribution in [-0.4, -0.2) is 49.6 Å². The lowest BCUT2D eigenvalue weighted by Crippen LogP contribution is -2.43. The zero-order valence-corrected chi connectivity index (χ0v) is 18.2. The summed E-state index contributed by atoms with van der Waals surface area (Å²) in [6.45, 7) is 8.85. The van der Waals surface area contributed by atoms with Crippen LogP contribution in [0.5, 0.6) is 11.5 Å².